The highest BCUT2D eigenvalue weighted by molar-refractivity contribution is 6.36. The van der Waals surface area contributed by atoms with Crippen LogP contribution in [0.4, 0.5) is 5.69 Å². The molecule has 2 amide bonds. The Labute approximate surface area is 164 Å². The van der Waals surface area contributed by atoms with E-state index in [1.807, 2.05) is 55.5 Å². The molecule has 0 unspecified atom stereocenters. The van der Waals surface area contributed by atoms with Crippen LogP contribution in [0, 0.1) is 0 Å². The normalized spacial score (nSPS) is 14.0. The van der Waals surface area contributed by atoms with E-state index in [2.05, 4.69) is 5.32 Å². The lowest BCUT2D eigenvalue weighted by Crippen LogP contribution is -2.34. The van der Waals surface area contributed by atoms with Crippen LogP contribution in [0.3, 0.4) is 0 Å². The van der Waals surface area contributed by atoms with Gasteiger partial charge in [0.15, 0.2) is 0 Å². The maximum absolute atomic E-state index is 13.1. The van der Waals surface area contributed by atoms with Crippen molar-refractivity contribution in [1.29, 1.82) is 0 Å². The van der Waals surface area contributed by atoms with Crippen LogP contribution in [-0.2, 0) is 14.3 Å². The van der Waals surface area contributed by atoms with E-state index < -0.39 is 0 Å². The third-order valence-electron chi connectivity index (χ3n) is 4.47. The number of nitrogens with zero attached hydrogens (tertiary/aromatic N) is 1. The number of anilines is 1. The van der Waals surface area contributed by atoms with E-state index in [4.69, 9.17) is 9.47 Å². The average molecular weight is 380 g/mol. The second-order valence-electron chi connectivity index (χ2n) is 6.25. The summed E-state index contributed by atoms with van der Waals surface area (Å²) < 4.78 is 10.7. The molecule has 146 valence electrons. The number of hydrogen-bond acceptors (Lipinski definition) is 5. The number of rotatable bonds is 9. The summed E-state index contributed by atoms with van der Waals surface area (Å²) in [5.74, 6) is -0.0474. The summed E-state index contributed by atoms with van der Waals surface area (Å²) >= 11 is 0. The summed E-state index contributed by atoms with van der Waals surface area (Å²) in [6, 6.07) is 16.5. The zero-order valence-electron chi connectivity index (χ0n) is 16.1. The van der Waals surface area contributed by atoms with Crippen LogP contribution in [0.2, 0.25) is 0 Å². The van der Waals surface area contributed by atoms with Gasteiger partial charge >= 0.3 is 0 Å². The van der Waals surface area contributed by atoms with Crippen molar-refractivity contribution in [2.45, 2.75) is 13.3 Å². The summed E-state index contributed by atoms with van der Waals surface area (Å²) in [7, 11) is 1.56. The Balaban J connectivity index is 1.94. The first-order chi connectivity index (χ1) is 13.7. The standard InChI is InChI=1S/C22H24N2O4/c1-3-28-15-9-14-24-21(25)19(16-10-5-4-6-11-16)20(22(24)26)23-17-12-7-8-13-18(17)27-2/h4-8,10-13,23H,3,9,14-15H2,1-2H3. The number of hydrogen-bond donors (Lipinski definition) is 1. The molecule has 1 aliphatic rings. The van der Waals surface area contributed by atoms with Crippen LogP contribution in [-0.4, -0.2) is 43.6 Å². The Hall–Kier alpha value is -3.12. The number of benzene rings is 2. The average Bonchev–Trinajstić information content (AvgIpc) is 2.96. The molecule has 0 saturated carbocycles. The minimum Gasteiger partial charge on any atom is -0.495 e. The van der Waals surface area contributed by atoms with E-state index in [0.29, 0.717) is 48.8 Å². The van der Waals surface area contributed by atoms with E-state index in [9.17, 15) is 9.59 Å². The fourth-order valence-corrected chi connectivity index (χ4v) is 3.12. The SMILES string of the molecule is CCOCCCN1C(=O)C(Nc2ccccc2OC)=C(c2ccccc2)C1=O. The molecule has 2 aromatic carbocycles. The fourth-order valence-electron chi connectivity index (χ4n) is 3.12. The zero-order chi connectivity index (χ0) is 19.9. The smallest absolute Gasteiger partial charge is 0.278 e. The molecule has 6 heteroatoms. The topological polar surface area (TPSA) is 67.9 Å². The third-order valence-corrected chi connectivity index (χ3v) is 4.47. The van der Waals surface area contributed by atoms with Crippen molar-refractivity contribution in [3.63, 3.8) is 0 Å². The molecule has 3 rings (SSSR count). The molecule has 0 fully saturated rings. The van der Waals surface area contributed by atoms with Gasteiger partial charge in [0.2, 0.25) is 0 Å². The summed E-state index contributed by atoms with van der Waals surface area (Å²) in [6.45, 7) is 3.33. The highest BCUT2D eigenvalue weighted by Gasteiger charge is 2.39. The van der Waals surface area contributed by atoms with Crippen molar-refractivity contribution < 1.29 is 19.1 Å². The van der Waals surface area contributed by atoms with Crippen LogP contribution < -0.4 is 10.1 Å². The minimum absolute atomic E-state index is 0.261. The molecule has 0 aliphatic carbocycles. The lowest BCUT2D eigenvalue weighted by Gasteiger charge is -2.15. The van der Waals surface area contributed by atoms with Gasteiger partial charge in [-0.15, -0.1) is 0 Å². The molecular weight excluding hydrogens is 356 g/mol. The third kappa shape index (κ3) is 4.07. The van der Waals surface area contributed by atoms with Crippen molar-refractivity contribution in [2.75, 3.05) is 32.2 Å². The first-order valence-electron chi connectivity index (χ1n) is 9.31. The molecule has 1 aliphatic heterocycles. The molecule has 0 aromatic heterocycles. The lowest BCUT2D eigenvalue weighted by molar-refractivity contribution is -0.137. The molecule has 0 atom stereocenters. The van der Waals surface area contributed by atoms with E-state index in [1.54, 1.807) is 13.2 Å². The molecule has 0 bridgehead atoms. The molecule has 28 heavy (non-hydrogen) atoms. The minimum atomic E-state index is -0.341. The van der Waals surface area contributed by atoms with Gasteiger partial charge in [0.05, 0.1) is 18.4 Å². The van der Waals surface area contributed by atoms with Gasteiger partial charge in [-0.2, -0.15) is 0 Å². The molecule has 2 aromatic rings. The number of para-hydroxylation sites is 2. The Bertz CT molecular complexity index is 877. The predicted molar refractivity (Wildman–Crippen MR) is 108 cm³/mol. The highest BCUT2D eigenvalue weighted by atomic mass is 16.5. The van der Waals surface area contributed by atoms with Gasteiger partial charge in [-0.25, -0.2) is 0 Å². The van der Waals surface area contributed by atoms with Crippen molar-refractivity contribution in [3.8, 4) is 5.75 Å². The largest absolute Gasteiger partial charge is 0.495 e. The van der Waals surface area contributed by atoms with Crippen LogP contribution in [0.5, 0.6) is 5.75 Å². The number of carbonyl (C=O) groups excluding carboxylic acids is 2. The number of imide groups is 1. The number of methoxy groups -OCH3 is 1. The summed E-state index contributed by atoms with van der Waals surface area (Å²) in [5.41, 5.74) is 1.96. The summed E-state index contributed by atoms with van der Waals surface area (Å²) in [5, 5.41) is 3.13. The van der Waals surface area contributed by atoms with Crippen LogP contribution in [0.15, 0.2) is 60.3 Å². The zero-order valence-corrected chi connectivity index (χ0v) is 16.1. The monoisotopic (exact) mass is 380 g/mol. The molecule has 0 radical (unpaired) electrons. The number of carbonyl (C=O) groups is 2. The Morgan fingerprint density at radius 2 is 1.68 bits per heavy atom. The first kappa shape index (κ1) is 19.6. The van der Waals surface area contributed by atoms with Gasteiger partial charge in [0.25, 0.3) is 11.8 Å². The Kier molecular flexibility index (Phi) is 6.45. The van der Waals surface area contributed by atoms with Gasteiger partial charge in [0, 0.05) is 19.8 Å². The lowest BCUT2D eigenvalue weighted by atomic mass is 10.0. The molecule has 1 N–H and O–H groups in total. The first-order valence-corrected chi connectivity index (χ1v) is 9.31. The van der Waals surface area contributed by atoms with Crippen LogP contribution >= 0.6 is 0 Å². The van der Waals surface area contributed by atoms with Gasteiger partial charge < -0.3 is 14.8 Å². The highest BCUT2D eigenvalue weighted by Crippen LogP contribution is 2.33. The Morgan fingerprint density at radius 3 is 2.39 bits per heavy atom. The van der Waals surface area contributed by atoms with Gasteiger partial charge in [-0.1, -0.05) is 42.5 Å². The Morgan fingerprint density at radius 1 is 0.964 bits per heavy atom. The second-order valence-corrected chi connectivity index (χ2v) is 6.25. The van der Waals surface area contributed by atoms with Crippen LogP contribution in [0.1, 0.15) is 18.9 Å². The second kappa shape index (κ2) is 9.19. The quantitative estimate of drug-likeness (QED) is 0.534. The molecular formula is C22H24N2O4. The maximum Gasteiger partial charge on any atom is 0.278 e. The molecule has 1 heterocycles. The van der Waals surface area contributed by atoms with Crippen LogP contribution in [0.25, 0.3) is 5.57 Å². The van der Waals surface area contributed by atoms with E-state index in [0.717, 1.165) is 0 Å². The maximum atomic E-state index is 13.1. The summed E-state index contributed by atoms with van der Waals surface area (Å²) in [6.07, 6.45) is 0.593. The predicted octanol–water partition coefficient (Wildman–Crippen LogP) is 3.31. The van der Waals surface area contributed by atoms with E-state index in [-0.39, 0.29) is 17.5 Å². The van der Waals surface area contributed by atoms with E-state index >= 15 is 0 Å². The molecule has 0 saturated heterocycles. The molecule has 0 spiro atoms. The summed E-state index contributed by atoms with van der Waals surface area (Å²) in [4.78, 5) is 27.4. The van der Waals surface area contributed by atoms with Crippen molar-refractivity contribution in [2.24, 2.45) is 0 Å². The fraction of sp³-hybridized carbons (Fsp3) is 0.273. The number of nitrogens with one attached hydrogen (secondary N) is 1. The molecule has 6 nitrogen and oxygen atoms in total. The van der Waals surface area contributed by atoms with E-state index in [1.165, 1.54) is 4.90 Å². The van der Waals surface area contributed by atoms with Gasteiger partial charge in [0.1, 0.15) is 11.4 Å². The number of amides is 2. The van der Waals surface area contributed by atoms with Gasteiger partial charge in [-0.05, 0) is 31.0 Å². The van der Waals surface area contributed by atoms with Crippen molar-refractivity contribution >= 4 is 23.1 Å². The van der Waals surface area contributed by atoms with Crippen molar-refractivity contribution in [1.82, 2.24) is 4.90 Å². The number of ether oxygens (including phenoxy) is 2. The van der Waals surface area contributed by atoms with Gasteiger partial charge in [-0.3, -0.25) is 14.5 Å². The van der Waals surface area contributed by atoms with Crippen molar-refractivity contribution in [3.05, 3.63) is 65.9 Å².